The summed E-state index contributed by atoms with van der Waals surface area (Å²) >= 11 is 0. The van der Waals surface area contributed by atoms with Crippen LogP contribution in [-0.2, 0) is 24.0 Å². The van der Waals surface area contributed by atoms with Gasteiger partial charge in [-0.15, -0.1) is 0 Å². The summed E-state index contributed by atoms with van der Waals surface area (Å²) in [5, 5.41) is 6.97. The van der Waals surface area contributed by atoms with E-state index < -0.39 is 11.7 Å². The number of benzene rings is 1. The van der Waals surface area contributed by atoms with Crippen LogP contribution in [0, 0.1) is 0 Å². The molecule has 4 rings (SSSR count). The molecule has 0 bridgehead atoms. The zero-order valence-corrected chi connectivity index (χ0v) is 16.1. The van der Waals surface area contributed by atoms with Crippen molar-refractivity contribution >= 4 is 11.8 Å². The normalized spacial score (nSPS) is 19.1. The van der Waals surface area contributed by atoms with Gasteiger partial charge >= 0.3 is 6.18 Å². The Morgan fingerprint density at radius 2 is 2.10 bits per heavy atom. The first-order valence-corrected chi connectivity index (χ1v) is 9.74. The molecule has 0 saturated carbocycles. The molecular formula is C20H21F3N4O3. The summed E-state index contributed by atoms with van der Waals surface area (Å²) in [4.78, 5) is 26.6. The van der Waals surface area contributed by atoms with Gasteiger partial charge in [0.05, 0.1) is 18.2 Å². The number of fused-ring (bicyclic) bond motifs is 1. The van der Waals surface area contributed by atoms with Crippen molar-refractivity contribution in [2.75, 3.05) is 19.7 Å². The molecule has 0 radical (unpaired) electrons. The number of alkyl halides is 3. The minimum Gasteiger partial charge on any atom is -0.376 e. The summed E-state index contributed by atoms with van der Waals surface area (Å²) in [6.45, 7) is 1.78. The first kappa shape index (κ1) is 20.4. The molecule has 10 heteroatoms. The van der Waals surface area contributed by atoms with Crippen molar-refractivity contribution in [3.63, 3.8) is 0 Å². The van der Waals surface area contributed by atoms with Crippen LogP contribution in [0.25, 0.3) is 0 Å². The summed E-state index contributed by atoms with van der Waals surface area (Å²) in [6.07, 6.45) is -2.58. The van der Waals surface area contributed by atoms with E-state index in [9.17, 15) is 22.8 Å². The molecule has 1 fully saturated rings. The standard InChI is InChI=1S/C20H21F3N4O3/c21-20(22,23)14-4-1-3-13(9-14)12-26-6-7-27-17(19(26)29)10-16(25-27)18(28)24-11-15-5-2-8-30-15/h1,3-4,9-10,15H,2,5-8,11-12H2,(H,24,28). The Bertz CT molecular complexity index is 951. The summed E-state index contributed by atoms with van der Waals surface area (Å²) < 4.78 is 45.7. The van der Waals surface area contributed by atoms with Gasteiger partial charge < -0.3 is 15.0 Å². The Balaban J connectivity index is 1.43. The van der Waals surface area contributed by atoms with Gasteiger partial charge in [-0.2, -0.15) is 18.3 Å². The highest BCUT2D eigenvalue weighted by atomic mass is 19.4. The maximum Gasteiger partial charge on any atom is 0.416 e. The molecule has 1 saturated heterocycles. The van der Waals surface area contributed by atoms with Crippen molar-refractivity contribution in [3.8, 4) is 0 Å². The highest BCUT2D eigenvalue weighted by Gasteiger charge is 2.32. The van der Waals surface area contributed by atoms with Gasteiger partial charge in [-0.25, -0.2) is 0 Å². The number of hydrogen-bond donors (Lipinski definition) is 1. The van der Waals surface area contributed by atoms with Crippen LogP contribution in [0.3, 0.4) is 0 Å². The zero-order valence-electron chi connectivity index (χ0n) is 16.1. The molecule has 1 unspecified atom stereocenters. The van der Waals surface area contributed by atoms with E-state index in [0.29, 0.717) is 31.8 Å². The first-order chi connectivity index (χ1) is 14.3. The Hall–Kier alpha value is -2.88. The minimum absolute atomic E-state index is 0.00391. The van der Waals surface area contributed by atoms with Crippen molar-refractivity contribution in [1.82, 2.24) is 20.0 Å². The maximum absolute atomic E-state index is 12.9. The van der Waals surface area contributed by atoms with Crippen LogP contribution in [0.4, 0.5) is 13.2 Å². The van der Waals surface area contributed by atoms with Gasteiger partial charge in [0.25, 0.3) is 11.8 Å². The number of rotatable bonds is 5. The smallest absolute Gasteiger partial charge is 0.376 e. The van der Waals surface area contributed by atoms with Gasteiger partial charge in [0.1, 0.15) is 5.69 Å². The second-order valence-electron chi connectivity index (χ2n) is 7.41. The van der Waals surface area contributed by atoms with E-state index >= 15 is 0 Å². The van der Waals surface area contributed by atoms with Crippen LogP contribution in [0.2, 0.25) is 0 Å². The summed E-state index contributed by atoms with van der Waals surface area (Å²) in [6, 6.07) is 6.35. The molecule has 1 aromatic heterocycles. The van der Waals surface area contributed by atoms with Crippen molar-refractivity contribution in [3.05, 3.63) is 52.8 Å². The molecule has 0 spiro atoms. The van der Waals surface area contributed by atoms with Gasteiger partial charge in [-0.05, 0) is 30.5 Å². The Morgan fingerprint density at radius 1 is 1.27 bits per heavy atom. The largest absolute Gasteiger partial charge is 0.416 e. The van der Waals surface area contributed by atoms with Gasteiger partial charge in [-0.1, -0.05) is 12.1 Å². The Kier molecular flexibility index (Phi) is 5.50. The average Bonchev–Trinajstić information content (AvgIpc) is 3.38. The number of carbonyl (C=O) groups is 2. The van der Waals surface area contributed by atoms with Crippen molar-refractivity contribution in [2.24, 2.45) is 0 Å². The van der Waals surface area contributed by atoms with E-state index in [2.05, 4.69) is 10.4 Å². The second kappa shape index (κ2) is 8.10. The molecule has 3 heterocycles. The lowest BCUT2D eigenvalue weighted by molar-refractivity contribution is -0.137. The third kappa shape index (κ3) is 4.33. The predicted molar refractivity (Wildman–Crippen MR) is 99.7 cm³/mol. The molecule has 30 heavy (non-hydrogen) atoms. The lowest BCUT2D eigenvalue weighted by atomic mass is 10.1. The monoisotopic (exact) mass is 422 g/mol. The van der Waals surface area contributed by atoms with Gasteiger partial charge in [0, 0.05) is 32.3 Å². The topological polar surface area (TPSA) is 76.5 Å². The van der Waals surface area contributed by atoms with Crippen LogP contribution in [0.15, 0.2) is 30.3 Å². The third-order valence-electron chi connectivity index (χ3n) is 5.24. The predicted octanol–water partition coefficient (Wildman–Crippen LogP) is 2.47. The van der Waals surface area contributed by atoms with Crippen LogP contribution in [0.1, 0.15) is 44.9 Å². The molecule has 2 aliphatic heterocycles. The lowest BCUT2D eigenvalue weighted by Gasteiger charge is -2.27. The van der Waals surface area contributed by atoms with Gasteiger partial charge in [0.2, 0.25) is 0 Å². The second-order valence-corrected chi connectivity index (χ2v) is 7.41. The number of carbonyl (C=O) groups excluding carboxylic acids is 2. The number of ether oxygens (including phenoxy) is 1. The molecule has 160 valence electrons. The van der Waals surface area contributed by atoms with E-state index in [-0.39, 0.29) is 35.9 Å². The molecule has 2 amide bonds. The summed E-state index contributed by atoms with van der Waals surface area (Å²) in [5.41, 5.74) is 0.0214. The molecule has 0 aliphatic carbocycles. The molecule has 7 nitrogen and oxygen atoms in total. The molecule has 1 N–H and O–H groups in total. The minimum atomic E-state index is -4.44. The fourth-order valence-electron chi connectivity index (χ4n) is 3.67. The van der Waals surface area contributed by atoms with Crippen molar-refractivity contribution in [1.29, 1.82) is 0 Å². The number of aromatic nitrogens is 2. The van der Waals surface area contributed by atoms with Crippen molar-refractivity contribution < 1.29 is 27.5 Å². The van der Waals surface area contributed by atoms with E-state index in [0.717, 1.165) is 25.0 Å². The fraction of sp³-hybridized carbons (Fsp3) is 0.450. The molecular weight excluding hydrogens is 401 g/mol. The first-order valence-electron chi connectivity index (χ1n) is 9.74. The molecule has 2 aliphatic rings. The fourth-order valence-corrected chi connectivity index (χ4v) is 3.67. The quantitative estimate of drug-likeness (QED) is 0.803. The lowest BCUT2D eigenvalue weighted by Crippen LogP contribution is -2.39. The van der Waals surface area contributed by atoms with E-state index in [1.54, 1.807) is 6.07 Å². The van der Waals surface area contributed by atoms with E-state index in [4.69, 9.17) is 4.74 Å². The van der Waals surface area contributed by atoms with E-state index in [1.807, 2.05) is 0 Å². The Labute approximate surface area is 170 Å². The molecule has 2 aromatic rings. The van der Waals surface area contributed by atoms with Crippen LogP contribution < -0.4 is 5.32 Å². The number of halogens is 3. The van der Waals surface area contributed by atoms with Crippen LogP contribution in [-0.4, -0.2) is 52.3 Å². The van der Waals surface area contributed by atoms with Crippen LogP contribution >= 0.6 is 0 Å². The Morgan fingerprint density at radius 3 is 2.83 bits per heavy atom. The third-order valence-corrected chi connectivity index (χ3v) is 5.24. The van der Waals surface area contributed by atoms with Gasteiger partial charge in [-0.3, -0.25) is 14.3 Å². The van der Waals surface area contributed by atoms with Gasteiger partial charge in [0.15, 0.2) is 5.69 Å². The highest BCUT2D eigenvalue weighted by Crippen LogP contribution is 2.30. The zero-order chi connectivity index (χ0) is 21.3. The summed E-state index contributed by atoms with van der Waals surface area (Å²) in [5.74, 6) is -0.756. The van der Waals surface area contributed by atoms with Crippen molar-refractivity contribution in [2.45, 2.75) is 38.2 Å². The molecule has 1 atom stereocenters. The number of nitrogens with one attached hydrogen (secondary N) is 1. The number of amides is 2. The SMILES string of the molecule is O=C(NCC1CCCO1)c1cc2n(n1)CCN(Cc1cccc(C(F)(F)F)c1)C2=O. The average molecular weight is 422 g/mol. The molecule has 1 aromatic carbocycles. The van der Waals surface area contributed by atoms with Crippen LogP contribution in [0.5, 0.6) is 0 Å². The summed E-state index contributed by atoms with van der Waals surface area (Å²) in [7, 11) is 0. The number of nitrogens with zero attached hydrogens (tertiary/aromatic N) is 3. The highest BCUT2D eigenvalue weighted by molar-refractivity contribution is 5.98. The van der Waals surface area contributed by atoms with E-state index in [1.165, 1.54) is 21.7 Å². The maximum atomic E-state index is 12.9. The number of hydrogen-bond acceptors (Lipinski definition) is 4.